The van der Waals surface area contributed by atoms with Crippen molar-refractivity contribution in [2.75, 3.05) is 12.4 Å². The number of H-pyrrole nitrogens is 1. The van der Waals surface area contributed by atoms with Crippen molar-refractivity contribution in [3.63, 3.8) is 0 Å². The molecule has 0 saturated heterocycles. The molecule has 0 atom stereocenters. The summed E-state index contributed by atoms with van der Waals surface area (Å²) < 4.78 is 7.40. The number of nitrogens with zero attached hydrogens (tertiary/aromatic N) is 2. The van der Waals surface area contributed by atoms with Crippen LogP contribution in [-0.2, 0) is 6.61 Å². The van der Waals surface area contributed by atoms with Crippen LogP contribution in [0.15, 0.2) is 71.5 Å². The Balaban J connectivity index is 1.69. The number of anilines is 1. The van der Waals surface area contributed by atoms with E-state index in [1.54, 1.807) is 37.4 Å². The Morgan fingerprint density at radius 1 is 1.06 bits per heavy atom. The highest BCUT2D eigenvalue weighted by atomic mass is 35.5. The summed E-state index contributed by atoms with van der Waals surface area (Å²) in [6.07, 6.45) is 0. The molecule has 8 heteroatoms. The number of hydrogen-bond donors (Lipinski definition) is 2. The Bertz CT molecular complexity index is 1510. The maximum absolute atomic E-state index is 13.5. The molecule has 0 aliphatic carbocycles. The predicted molar refractivity (Wildman–Crippen MR) is 129 cm³/mol. The van der Waals surface area contributed by atoms with Gasteiger partial charge in [0.2, 0.25) is 0 Å². The van der Waals surface area contributed by atoms with E-state index >= 15 is 0 Å². The van der Waals surface area contributed by atoms with E-state index in [2.05, 4.69) is 10.4 Å². The standard InChI is InChI=1S/C24H18Cl2N4O2/c1-27-22-21(16-11-10-15(25)12-17(16)26)29-30-23(22)28-18-8-5-9-19(20(18)24(30)31)32-13-14-6-3-2-4-7-14/h2-12,27,29H,13H2,1H3. The van der Waals surface area contributed by atoms with E-state index in [1.807, 2.05) is 36.4 Å². The van der Waals surface area contributed by atoms with Gasteiger partial charge < -0.3 is 10.1 Å². The molecule has 2 aromatic heterocycles. The van der Waals surface area contributed by atoms with Crippen molar-refractivity contribution in [3.05, 3.63) is 92.7 Å². The number of aromatic nitrogens is 3. The van der Waals surface area contributed by atoms with Crippen LogP contribution in [0.25, 0.3) is 27.8 Å². The average Bonchev–Trinajstić information content (AvgIpc) is 3.16. The first-order valence-corrected chi connectivity index (χ1v) is 10.7. The summed E-state index contributed by atoms with van der Waals surface area (Å²) in [5, 5.41) is 7.68. The van der Waals surface area contributed by atoms with E-state index in [1.165, 1.54) is 4.52 Å². The molecule has 32 heavy (non-hydrogen) atoms. The Kier molecular flexibility index (Phi) is 5.25. The molecule has 0 saturated carbocycles. The Hall–Kier alpha value is -3.48. The second kappa shape index (κ2) is 8.22. The van der Waals surface area contributed by atoms with Crippen LogP contribution < -0.4 is 15.6 Å². The molecule has 0 unspecified atom stereocenters. The summed E-state index contributed by atoms with van der Waals surface area (Å²) in [6.45, 7) is 0.347. The van der Waals surface area contributed by atoms with Crippen LogP contribution in [0, 0.1) is 0 Å². The SMILES string of the molecule is CNc1c(-c2ccc(Cl)cc2Cl)[nH]n2c(=O)c3c(OCc4ccccc4)cccc3nc12. The van der Waals surface area contributed by atoms with Gasteiger partial charge in [0.15, 0.2) is 5.65 Å². The van der Waals surface area contributed by atoms with Gasteiger partial charge in [-0.2, -0.15) is 4.52 Å². The molecule has 0 spiro atoms. The number of aromatic amines is 1. The van der Waals surface area contributed by atoms with Crippen molar-refractivity contribution in [1.82, 2.24) is 14.6 Å². The first kappa shape index (κ1) is 20.4. The summed E-state index contributed by atoms with van der Waals surface area (Å²) in [5.74, 6) is 0.477. The van der Waals surface area contributed by atoms with Gasteiger partial charge >= 0.3 is 0 Å². The van der Waals surface area contributed by atoms with Crippen LogP contribution in [-0.4, -0.2) is 21.6 Å². The smallest absolute Gasteiger partial charge is 0.284 e. The number of fused-ring (bicyclic) bond motifs is 2. The van der Waals surface area contributed by atoms with E-state index in [0.29, 0.717) is 55.9 Å². The van der Waals surface area contributed by atoms with Crippen molar-refractivity contribution in [2.45, 2.75) is 6.61 Å². The molecule has 0 bridgehead atoms. The second-order valence-electron chi connectivity index (χ2n) is 7.24. The minimum absolute atomic E-state index is 0.263. The van der Waals surface area contributed by atoms with E-state index in [4.69, 9.17) is 32.9 Å². The summed E-state index contributed by atoms with van der Waals surface area (Å²) in [5.41, 5.74) is 3.76. The maximum Gasteiger partial charge on any atom is 0.284 e. The number of rotatable bonds is 5. The van der Waals surface area contributed by atoms with Crippen LogP contribution in [0.1, 0.15) is 5.56 Å². The van der Waals surface area contributed by atoms with Crippen molar-refractivity contribution < 1.29 is 4.74 Å². The first-order chi connectivity index (χ1) is 15.6. The molecule has 5 aromatic rings. The average molecular weight is 465 g/mol. The van der Waals surface area contributed by atoms with Crippen LogP contribution in [0.5, 0.6) is 5.75 Å². The molecular weight excluding hydrogens is 447 g/mol. The zero-order valence-electron chi connectivity index (χ0n) is 17.0. The van der Waals surface area contributed by atoms with Gasteiger partial charge in [-0.25, -0.2) is 4.98 Å². The number of benzene rings is 3. The maximum atomic E-state index is 13.5. The quantitative estimate of drug-likeness (QED) is 0.346. The lowest BCUT2D eigenvalue weighted by Crippen LogP contribution is -2.16. The van der Waals surface area contributed by atoms with Gasteiger partial charge in [0, 0.05) is 17.6 Å². The van der Waals surface area contributed by atoms with Gasteiger partial charge in [-0.1, -0.05) is 59.6 Å². The fraction of sp³-hybridized carbons (Fsp3) is 0.0833. The third-order valence-electron chi connectivity index (χ3n) is 5.24. The van der Waals surface area contributed by atoms with E-state index < -0.39 is 0 Å². The van der Waals surface area contributed by atoms with Crippen molar-refractivity contribution >= 4 is 45.4 Å². The molecule has 0 amide bonds. The fourth-order valence-electron chi connectivity index (χ4n) is 3.73. The predicted octanol–water partition coefficient (Wildman–Crippen LogP) is 5.77. The number of nitrogens with one attached hydrogen (secondary N) is 2. The largest absolute Gasteiger partial charge is 0.488 e. The highest BCUT2D eigenvalue weighted by Crippen LogP contribution is 2.36. The van der Waals surface area contributed by atoms with Crippen LogP contribution in [0.3, 0.4) is 0 Å². The molecule has 0 aliphatic rings. The van der Waals surface area contributed by atoms with Gasteiger partial charge in [0.05, 0.1) is 16.2 Å². The highest BCUT2D eigenvalue weighted by Gasteiger charge is 2.20. The van der Waals surface area contributed by atoms with E-state index in [9.17, 15) is 4.79 Å². The minimum Gasteiger partial charge on any atom is -0.488 e. The molecule has 6 nitrogen and oxygen atoms in total. The lowest BCUT2D eigenvalue weighted by atomic mass is 10.1. The molecular formula is C24H18Cl2N4O2. The third kappa shape index (κ3) is 3.47. The second-order valence-corrected chi connectivity index (χ2v) is 8.08. The third-order valence-corrected chi connectivity index (χ3v) is 5.79. The molecule has 5 rings (SSSR count). The van der Waals surface area contributed by atoms with Crippen LogP contribution in [0.2, 0.25) is 10.0 Å². The molecule has 160 valence electrons. The minimum atomic E-state index is -0.263. The van der Waals surface area contributed by atoms with Gasteiger partial charge in [0.1, 0.15) is 23.4 Å². The molecule has 0 fully saturated rings. The monoisotopic (exact) mass is 464 g/mol. The normalized spacial score (nSPS) is 11.2. The molecule has 2 N–H and O–H groups in total. The molecule has 3 aromatic carbocycles. The van der Waals surface area contributed by atoms with E-state index in [-0.39, 0.29) is 5.56 Å². The lowest BCUT2D eigenvalue weighted by Gasteiger charge is -2.09. The molecule has 0 aliphatic heterocycles. The highest BCUT2D eigenvalue weighted by molar-refractivity contribution is 6.36. The first-order valence-electron chi connectivity index (χ1n) is 9.94. The van der Waals surface area contributed by atoms with Gasteiger partial charge in [0.25, 0.3) is 5.56 Å². The summed E-state index contributed by atoms with van der Waals surface area (Å²) in [4.78, 5) is 18.2. The summed E-state index contributed by atoms with van der Waals surface area (Å²) in [6, 6.07) is 20.4. The van der Waals surface area contributed by atoms with Crippen molar-refractivity contribution in [2.24, 2.45) is 0 Å². The number of ether oxygens (including phenoxy) is 1. The molecule has 2 heterocycles. The van der Waals surface area contributed by atoms with Crippen molar-refractivity contribution in [1.29, 1.82) is 0 Å². The Morgan fingerprint density at radius 3 is 2.62 bits per heavy atom. The summed E-state index contributed by atoms with van der Waals surface area (Å²) in [7, 11) is 1.77. The summed E-state index contributed by atoms with van der Waals surface area (Å²) >= 11 is 12.5. The van der Waals surface area contributed by atoms with Gasteiger partial charge in [-0.3, -0.25) is 9.89 Å². The van der Waals surface area contributed by atoms with Crippen LogP contribution in [0.4, 0.5) is 5.69 Å². The van der Waals surface area contributed by atoms with Crippen molar-refractivity contribution in [3.8, 4) is 17.0 Å². The zero-order valence-corrected chi connectivity index (χ0v) is 18.5. The Labute approximate surface area is 193 Å². The van der Waals surface area contributed by atoms with Crippen LogP contribution >= 0.6 is 23.2 Å². The number of halogens is 2. The Morgan fingerprint density at radius 2 is 1.88 bits per heavy atom. The molecule has 0 radical (unpaired) electrons. The van der Waals surface area contributed by atoms with Gasteiger partial charge in [-0.15, -0.1) is 0 Å². The van der Waals surface area contributed by atoms with E-state index in [0.717, 1.165) is 5.56 Å². The zero-order chi connectivity index (χ0) is 22.2. The lowest BCUT2D eigenvalue weighted by molar-refractivity contribution is 0.309. The number of hydrogen-bond acceptors (Lipinski definition) is 4. The fourth-order valence-corrected chi connectivity index (χ4v) is 4.23. The topological polar surface area (TPSA) is 71.4 Å². The van der Waals surface area contributed by atoms with Gasteiger partial charge in [-0.05, 0) is 35.9 Å².